The van der Waals surface area contributed by atoms with Crippen LogP contribution in [0.3, 0.4) is 0 Å². The minimum absolute atomic E-state index is 0.270. The van der Waals surface area contributed by atoms with Gasteiger partial charge in [0.15, 0.2) is 5.96 Å². The van der Waals surface area contributed by atoms with Gasteiger partial charge in [-0.1, -0.05) is 24.3 Å². The third-order valence-corrected chi connectivity index (χ3v) is 4.32. The van der Waals surface area contributed by atoms with E-state index in [4.69, 9.17) is 4.99 Å². The maximum absolute atomic E-state index is 11.8. The first kappa shape index (κ1) is 15.8. The van der Waals surface area contributed by atoms with Gasteiger partial charge in [-0.25, -0.2) is 4.99 Å². The van der Waals surface area contributed by atoms with Gasteiger partial charge in [-0.05, 0) is 37.3 Å². The van der Waals surface area contributed by atoms with Crippen molar-refractivity contribution in [2.45, 2.75) is 51.7 Å². The molecular weight excluding hydrogens is 288 g/mol. The number of aliphatic imine (C=N–C) groups is 1. The van der Waals surface area contributed by atoms with Crippen LogP contribution in [0.1, 0.15) is 43.7 Å². The Labute approximate surface area is 138 Å². The van der Waals surface area contributed by atoms with E-state index in [0.29, 0.717) is 25.6 Å². The highest BCUT2D eigenvalue weighted by atomic mass is 16.2. The molecular formula is C18H26N4O. The molecule has 23 heavy (non-hydrogen) atoms. The Morgan fingerprint density at radius 1 is 1.30 bits per heavy atom. The Morgan fingerprint density at radius 2 is 2.09 bits per heavy atom. The van der Waals surface area contributed by atoms with Gasteiger partial charge < -0.3 is 15.5 Å². The van der Waals surface area contributed by atoms with E-state index >= 15 is 0 Å². The molecule has 2 N–H and O–H groups in total. The highest BCUT2D eigenvalue weighted by Crippen LogP contribution is 2.19. The highest BCUT2D eigenvalue weighted by molar-refractivity contribution is 5.80. The van der Waals surface area contributed by atoms with Crippen molar-refractivity contribution in [3.63, 3.8) is 0 Å². The second kappa shape index (κ2) is 7.49. The average molecular weight is 314 g/mol. The van der Waals surface area contributed by atoms with Gasteiger partial charge in [-0.3, -0.25) is 4.79 Å². The molecule has 1 aromatic rings. The molecule has 0 aromatic heterocycles. The fourth-order valence-corrected chi connectivity index (χ4v) is 2.85. The molecule has 1 amide bonds. The Morgan fingerprint density at radius 3 is 2.74 bits per heavy atom. The number of nitrogens with zero attached hydrogens (tertiary/aromatic N) is 2. The minimum atomic E-state index is 0.270. The van der Waals surface area contributed by atoms with Crippen LogP contribution in [-0.4, -0.2) is 35.9 Å². The van der Waals surface area contributed by atoms with Crippen molar-refractivity contribution in [2.75, 3.05) is 13.1 Å². The fraction of sp³-hybridized carbons (Fsp3) is 0.556. The lowest BCUT2D eigenvalue weighted by Gasteiger charge is -2.18. The van der Waals surface area contributed by atoms with Crippen molar-refractivity contribution in [1.29, 1.82) is 0 Å². The number of nitrogens with one attached hydrogen (secondary N) is 2. The summed E-state index contributed by atoms with van der Waals surface area (Å²) in [5.74, 6) is 1.16. The Hall–Kier alpha value is -2.04. The first-order valence-corrected chi connectivity index (χ1v) is 8.65. The van der Waals surface area contributed by atoms with E-state index in [2.05, 4.69) is 29.7 Å². The highest BCUT2D eigenvalue weighted by Gasteiger charge is 2.22. The molecule has 1 saturated heterocycles. The van der Waals surface area contributed by atoms with Crippen molar-refractivity contribution in [3.8, 4) is 0 Å². The van der Waals surface area contributed by atoms with E-state index < -0.39 is 0 Å². The lowest BCUT2D eigenvalue weighted by Crippen LogP contribution is -2.38. The third-order valence-electron chi connectivity index (χ3n) is 4.32. The monoisotopic (exact) mass is 314 g/mol. The number of rotatable bonds is 6. The Kier molecular flexibility index (Phi) is 5.16. The molecule has 1 heterocycles. The molecule has 0 unspecified atom stereocenters. The van der Waals surface area contributed by atoms with Crippen molar-refractivity contribution >= 4 is 11.9 Å². The van der Waals surface area contributed by atoms with Gasteiger partial charge in [0.25, 0.3) is 0 Å². The van der Waals surface area contributed by atoms with Crippen molar-refractivity contribution in [3.05, 3.63) is 35.4 Å². The molecule has 0 atom stereocenters. The second-order valence-corrected chi connectivity index (χ2v) is 6.30. The minimum Gasteiger partial charge on any atom is -0.357 e. The van der Waals surface area contributed by atoms with Crippen molar-refractivity contribution < 1.29 is 4.79 Å². The summed E-state index contributed by atoms with van der Waals surface area (Å²) in [7, 11) is 0. The molecule has 0 spiro atoms. The topological polar surface area (TPSA) is 56.7 Å². The number of likely N-dealkylation sites (tertiary alicyclic amines) is 1. The molecule has 5 nitrogen and oxygen atoms in total. The van der Waals surface area contributed by atoms with Gasteiger partial charge in [0, 0.05) is 32.1 Å². The third kappa shape index (κ3) is 4.47. The van der Waals surface area contributed by atoms with E-state index in [1.165, 1.54) is 24.0 Å². The maximum Gasteiger partial charge on any atom is 0.222 e. The van der Waals surface area contributed by atoms with Crippen LogP contribution in [0.2, 0.25) is 0 Å². The molecule has 0 radical (unpaired) electrons. The van der Waals surface area contributed by atoms with Gasteiger partial charge in [-0.15, -0.1) is 0 Å². The Bertz CT molecular complexity index is 580. The van der Waals surface area contributed by atoms with Crippen LogP contribution in [-0.2, 0) is 17.9 Å². The average Bonchev–Trinajstić information content (AvgIpc) is 3.28. The van der Waals surface area contributed by atoms with Gasteiger partial charge in [0.05, 0.1) is 6.54 Å². The fourth-order valence-electron chi connectivity index (χ4n) is 2.85. The summed E-state index contributed by atoms with van der Waals surface area (Å²) in [6.07, 6.45) is 4.14. The molecule has 3 rings (SSSR count). The Balaban J connectivity index is 1.67. The van der Waals surface area contributed by atoms with Crippen LogP contribution in [0.15, 0.2) is 29.3 Å². The molecule has 1 saturated carbocycles. The van der Waals surface area contributed by atoms with E-state index in [-0.39, 0.29) is 5.91 Å². The summed E-state index contributed by atoms with van der Waals surface area (Å²) >= 11 is 0. The predicted molar refractivity (Wildman–Crippen MR) is 92.1 cm³/mol. The maximum atomic E-state index is 11.8. The molecule has 2 aliphatic rings. The SMILES string of the molecule is CCNC(=NCc1ccccc1CN1CCCC1=O)NC1CC1. The van der Waals surface area contributed by atoms with E-state index in [9.17, 15) is 4.79 Å². The van der Waals surface area contributed by atoms with Crippen LogP contribution in [0, 0.1) is 0 Å². The summed E-state index contributed by atoms with van der Waals surface area (Å²) in [6, 6.07) is 8.89. The van der Waals surface area contributed by atoms with Crippen LogP contribution in [0.25, 0.3) is 0 Å². The molecule has 2 fully saturated rings. The second-order valence-electron chi connectivity index (χ2n) is 6.30. The number of carbonyl (C=O) groups excluding carboxylic acids is 1. The smallest absolute Gasteiger partial charge is 0.222 e. The van der Waals surface area contributed by atoms with Gasteiger partial charge in [0.1, 0.15) is 0 Å². The van der Waals surface area contributed by atoms with Crippen LogP contribution < -0.4 is 10.6 Å². The summed E-state index contributed by atoms with van der Waals surface area (Å²) in [5.41, 5.74) is 2.40. The van der Waals surface area contributed by atoms with Crippen LogP contribution in [0.5, 0.6) is 0 Å². The van der Waals surface area contributed by atoms with Crippen molar-refractivity contribution in [2.24, 2.45) is 4.99 Å². The zero-order valence-electron chi connectivity index (χ0n) is 13.8. The normalized spacial score (nSPS) is 18.4. The lowest BCUT2D eigenvalue weighted by atomic mass is 10.1. The summed E-state index contributed by atoms with van der Waals surface area (Å²) in [5, 5.41) is 6.73. The van der Waals surface area contributed by atoms with Gasteiger partial charge in [0.2, 0.25) is 5.91 Å². The number of benzene rings is 1. The number of amides is 1. The first-order chi connectivity index (χ1) is 11.3. The van der Waals surface area contributed by atoms with Crippen LogP contribution >= 0.6 is 0 Å². The number of carbonyl (C=O) groups is 1. The van der Waals surface area contributed by atoms with E-state index in [0.717, 1.165) is 25.5 Å². The quantitative estimate of drug-likeness (QED) is 0.624. The van der Waals surface area contributed by atoms with Gasteiger partial charge in [-0.2, -0.15) is 0 Å². The number of guanidine groups is 1. The van der Waals surface area contributed by atoms with E-state index in [1.807, 2.05) is 17.0 Å². The predicted octanol–water partition coefficient (Wildman–Crippen LogP) is 2.03. The summed E-state index contributed by atoms with van der Waals surface area (Å²) in [6.45, 7) is 5.17. The molecule has 1 aromatic carbocycles. The molecule has 1 aliphatic heterocycles. The van der Waals surface area contributed by atoms with E-state index in [1.54, 1.807) is 0 Å². The summed E-state index contributed by atoms with van der Waals surface area (Å²) in [4.78, 5) is 18.5. The zero-order valence-corrected chi connectivity index (χ0v) is 13.8. The largest absolute Gasteiger partial charge is 0.357 e. The molecule has 0 bridgehead atoms. The summed E-state index contributed by atoms with van der Waals surface area (Å²) < 4.78 is 0. The molecule has 124 valence electrons. The first-order valence-electron chi connectivity index (χ1n) is 8.65. The lowest BCUT2D eigenvalue weighted by molar-refractivity contribution is -0.128. The number of hydrogen-bond acceptors (Lipinski definition) is 2. The standard InChI is InChI=1S/C18H26N4O/c1-2-19-18(21-16-9-10-16)20-12-14-6-3-4-7-15(14)13-22-11-5-8-17(22)23/h3-4,6-7,16H,2,5,8-13H2,1H3,(H2,19,20,21). The van der Waals surface area contributed by atoms with Crippen molar-refractivity contribution in [1.82, 2.24) is 15.5 Å². The van der Waals surface area contributed by atoms with Gasteiger partial charge >= 0.3 is 0 Å². The molecule has 1 aliphatic carbocycles. The molecule has 5 heteroatoms. The zero-order chi connectivity index (χ0) is 16.1. The number of hydrogen-bond donors (Lipinski definition) is 2. The van der Waals surface area contributed by atoms with Crippen LogP contribution in [0.4, 0.5) is 0 Å².